The molecule has 1 aromatic heterocycles. The molecule has 3 rings (SSSR count). The van der Waals surface area contributed by atoms with Crippen molar-refractivity contribution < 1.29 is 19.5 Å². The summed E-state index contributed by atoms with van der Waals surface area (Å²) in [4.78, 5) is 38.7. The molecule has 0 radical (unpaired) electrons. The van der Waals surface area contributed by atoms with Crippen LogP contribution in [0.3, 0.4) is 0 Å². The van der Waals surface area contributed by atoms with Crippen LogP contribution < -0.4 is 5.32 Å². The predicted octanol–water partition coefficient (Wildman–Crippen LogP) is 2.61. The maximum Gasteiger partial charge on any atom is 0.345 e. The fourth-order valence-corrected chi connectivity index (χ4v) is 3.83. The number of nitrogens with one attached hydrogen (secondary N) is 1. The van der Waals surface area contributed by atoms with Gasteiger partial charge in [-0.25, -0.2) is 4.79 Å². The van der Waals surface area contributed by atoms with Crippen molar-refractivity contribution in [3.05, 3.63) is 57.8 Å². The summed E-state index contributed by atoms with van der Waals surface area (Å²) in [6, 6.07) is 12.3. The number of carboxylic acids is 1. The van der Waals surface area contributed by atoms with Crippen molar-refractivity contribution in [2.24, 2.45) is 5.92 Å². The first kappa shape index (κ1) is 18.1. The molecule has 2 aromatic rings. The summed E-state index contributed by atoms with van der Waals surface area (Å²) < 4.78 is 0. The topological polar surface area (TPSA) is 86.7 Å². The Morgan fingerprint density at radius 2 is 1.92 bits per heavy atom. The number of hydrogen-bond acceptors (Lipinski definition) is 4. The van der Waals surface area contributed by atoms with E-state index < -0.39 is 5.97 Å². The Labute approximate surface area is 155 Å². The second kappa shape index (κ2) is 8.14. The molecule has 0 spiro atoms. The lowest BCUT2D eigenvalue weighted by Crippen LogP contribution is -2.45. The molecule has 0 aliphatic carbocycles. The summed E-state index contributed by atoms with van der Waals surface area (Å²) in [5, 5.41) is 11.8. The van der Waals surface area contributed by atoms with Gasteiger partial charge in [0.15, 0.2) is 0 Å². The Bertz CT molecular complexity index is 803. The van der Waals surface area contributed by atoms with E-state index in [1.165, 1.54) is 6.07 Å². The fourth-order valence-electron chi connectivity index (χ4n) is 3.05. The van der Waals surface area contributed by atoms with Crippen LogP contribution in [0.5, 0.6) is 0 Å². The number of amides is 2. The van der Waals surface area contributed by atoms with Crippen LogP contribution in [0.15, 0.2) is 42.5 Å². The minimum Gasteiger partial charge on any atom is -0.477 e. The number of carbonyl (C=O) groups is 3. The Morgan fingerprint density at radius 1 is 1.15 bits per heavy atom. The van der Waals surface area contributed by atoms with E-state index in [-0.39, 0.29) is 22.6 Å². The Morgan fingerprint density at radius 3 is 2.62 bits per heavy atom. The molecule has 2 amide bonds. The number of nitrogens with zero attached hydrogens (tertiary/aromatic N) is 1. The van der Waals surface area contributed by atoms with Gasteiger partial charge in [0.25, 0.3) is 5.91 Å². The number of thiophene rings is 1. The zero-order valence-electron chi connectivity index (χ0n) is 14.2. The standard InChI is InChI=1S/C19H20N2O4S/c22-17(20-11-15-8-9-16(26-15)19(24)25)14-7-4-10-21(12-14)18(23)13-5-2-1-3-6-13/h1-3,5-6,8-9,14H,4,7,10-12H2,(H,20,22)(H,24,25). The summed E-state index contributed by atoms with van der Waals surface area (Å²) in [6.45, 7) is 1.37. The van der Waals surface area contributed by atoms with Crippen molar-refractivity contribution >= 4 is 29.1 Å². The van der Waals surface area contributed by atoms with Gasteiger partial charge in [0, 0.05) is 23.5 Å². The van der Waals surface area contributed by atoms with Crippen molar-refractivity contribution in [3.8, 4) is 0 Å². The van der Waals surface area contributed by atoms with Crippen LogP contribution in [0.1, 0.15) is 37.7 Å². The highest BCUT2D eigenvalue weighted by molar-refractivity contribution is 7.13. The summed E-state index contributed by atoms with van der Waals surface area (Å²) >= 11 is 1.15. The normalized spacial score (nSPS) is 16.9. The average molecular weight is 372 g/mol. The highest BCUT2D eigenvalue weighted by Crippen LogP contribution is 2.20. The van der Waals surface area contributed by atoms with E-state index in [1.54, 1.807) is 23.1 Å². The van der Waals surface area contributed by atoms with Crippen molar-refractivity contribution in [1.82, 2.24) is 10.2 Å². The van der Waals surface area contributed by atoms with Gasteiger partial charge in [0.2, 0.25) is 5.91 Å². The second-order valence-electron chi connectivity index (χ2n) is 6.25. The molecule has 1 aliphatic rings. The van der Waals surface area contributed by atoms with Crippen molar-refractivity contribution in [2.75, 3.05) is 13.1 Å². The van der Waals surface area contributed by atoms with Gasteiger partial charge < -0.3 is 15.3 Å². The molecule has 6 nitrogen and oxygen atoms in total. The lowest BCUT2D eigenvalue weighted by atomic mass is 9.96. The van der Waals surface area contributed by atoms with E-state index in [2.05, 4.69) is 5.32 Å². The molecule has 1 unspecified atom stereocenters. The third-order valence-corrected chi connectivity index (χ3v) is 5.48. The third kappa shape index (κ3) is 4.29. The van der Waals surface area contributed by atoms with Gasteiger partial charge in [0.05, 0.1) is 12.5 Å². The molecule has 0 bridgehead atoms. The lowest BCUT2D eigenvalue weighted by Gasteiger charge is -2.32. The van der Waals surface area contributed by atoms with E-state index in [0.29, 0.717) is 25.2 Å². The number of carbonyl (C=O) groups excluding carboxylic acids is 2. The smallest absolute Gasteiger partial charge is 0.345 e. The predicted molar refractivity (Wildman–Crippen MR) is 98.2 cm³/mol. The minimum atomic E-state index is -0.963. The average Bonchev–Trinajstić information content (AvgIpc) is 3.16. The number of hydrogen-bond donors (Lipinski definition) is 2. The van der Waals surface area contributed by atoms with Crippen molar-refractivity contribution in [1.29, 1.82) is 0 Å². The number of benzene rings is 1. The van der Waals surface area contributed by atoms with Crippen LogP contribution in [0, 0.1) is 5.92 Å². The first-order valence-electron chi connectivity index (χ1n) is 8.48. The third-order valence-electron chi connectivity index (χ3n) is 4.41. The number of carboxylic acid groups (broad SMARTS) is 1. The zero-order valence-corrected chi connectivity index (χ0v) is 15.0. The molecular weight excluding hydrogens is 352 g/mol. The van der Waals surface area contributed by atoms with Crippen LogP contribution in [0.4, 0.5) is 0 Å². The van der Waals surface area contributed by atoms with Crippen molar-refractivity contribution in [3.63, 3.8) is 0 Å². The maximum absolute atomic E-state index is 12.6. The number of aromatic carboxylic acids is 1. The van der Waals surface area contributed by atoms with Crippen LogP contribution >= 0.6 is 11.3 Å². The molecule has 136 valence electrons. The molecule has 1 aromatic carbocycles. The van der Waals surface area contributed by atoms with Gasteiger partial charge >= 0.3 is 5.97 Å². The monoisotopic (exact) mass is 372 g/mol. The van der Waals surface area contributed by atoms with Crippen LogP contribution in [-0.2, 0) is 11.3 Å². The quantitative estimate of drug-likeness (QED) is 0.845. The van der Waals surface area contributed by atoms with Gasteiger partial charge in [-0.3, -0.25) is 9.59 Å². The molecule has 1 saturated heterocycles. The SMILES string of the molecule is O=C(O)c1ccc(CNC(=O)C2CCCN(C(=O)c3ccccc3)C2)s1. The minimum absolute atomic E-state index is 0.0487. The summed E-state index contributed by atoms with van der Waals surface area (Å²) in [5.74, 6) is -1.35. The van der Waals surface area contributed by atoms with Crippen molar-refractivity contribution in [2.45, 2.75) is 19.4 Å². The first-order chi connectivity index (χ1) is 12.5. The Kier molecular flexibility index (Phi) is 5.68. The van der Waals surface area contributed by atoms with Gasteiger partial charge in [-0.05, 0) is 37.1 Å². The number of piperidine rings is 1. The Balaban J connectivity index is 1.55. The highest BCUT2D eigenvalue weighted by atomic mass is 32.1. The van der Waals surface area contributed by atoms with E-state index in [9.17, 15) is 14.4 Å². The molecule has 2 N–H and O–H groups in total. The summed E-state index contributed by atoms with van der Waals surface area (Å²) in [7, 11) is 0. The largest absolute Gasteiger partial charge is 0.477 e. The van der Waals surface area contributed by atoms with Gasteiger partial charge in [0.1, 0.15) is 4.88 Å². The molecule has 0 saturated carbocycles. The van der Waals surface area contributed by atoms with Crippen LogP contribution in [0.2, 0.25) is 0 Å². The van der Waals surface area contributed by atoms with Crippen LogP contribution in [0.25, 0.3) is 0 Å². The maximum atomic E-state index is 12.6. The first-order valence-corrected chi connectivity index (χ1v) is 9.30. The molecule has 7 heteroatoms. The molecule has 1 aliphatic heterocycles. The summed E-state index contributed by atoms with van der Waals surface area (Å²) in [5.41, 5.74) is 0.633. The number of likely N-dealkylation sites (tertiary alicyclic amines) is 1. The molecule has 2 heterocycles. The molecule has 26 heavy (non-hydrogen) atoms. The molecule has 1 atom stereocenters. The summed E-state index contributed by atoms with van der Waals surface area (Å²) in [6.07, 6.45) is 1.54. The van der Waals surface area contributed by atoms with E-state index in [4.69, 9.17) is 5.11 Å². The lowest BCUT2D eigenvalue weighted by molar-refractivity contribution is -0.126. The van der Waals surface area contributed by atoms with Crippen LogP contribution in [-0.4, -0.2) is 40.9 Å². The highest BCUT2D eigenvalue weighted by Gasteiger charge is 2.28. The van der Waals surface area contributed by atoms with Gasteiger partial charge in [-0.2, -0.15) is 0 Å². The second-order valence-corrected chi connectivity index (χ2v) is 7.41. The molecular formula is C19H20N2O4S. The Hall–Kier alpha value is -2.67. The van der Waals surface area contributed by atoms with E-state index in [1.807, 2.05) is 18.2 Å². The fraction of sp³-hybridized carbons (Fsp3) is 0.316. The zero-order chi connectivity index (χ0) is 18.5. The van der Waals surface area contributed by atoms with E-state index in [0.717, 1.165) is 29.1 Å². The van der Waals surface area contributed by atoms with Gasteiger partial charge in [-0.1, -0.05) is 18.2 Å². The number of rotatable bonds is 5. The van der Waals surface area contributed by atoms with Gasteiger partial charge in [-0.15, -0.1) is 11.3 Å². The van der Waals surface area contributed by atoms with E-state index >= 15 is 0 Å². The molecule has 1 fully saturated rings.